The third-order valence-electron chi connectivity index (χ3n) is 5.36. The average molecular weight is 419 g/mol. The van der Waals surface area contributed by atoms with Crippen molar-refractivity contribution >= 4 is 27.9 Å². The van der Waals surface area contributed by atoms with E-state index >= 15 is 0 Å². The number of halogens is 1. The molecule has 0 amide bonds. The minimum absolute atomic E-state index is 0.765. The maximum absolute atomic E-state index is 6.90. The van der Waals surface area contributed by atoms with E-state index in [1.54, 1.807) is 0 Å². The summed E-state index contributed by atoms with van der Waals surface area (Å²) in [6, 6.07) is 29.1. The summed E-state index contributed by atoms with van der Waals surface area (Å²) >= 11 is 6.90. The van der Waals surface area contributed by atoms with Crippen LogP contribution in [0.1, 0.15) is 37.0 Å². The average Bonchev–Trinajstić information content (AvgIpc) is 2.81. The third-order valence-corrected chi connectivity index (χ3v) is 5.76. The van der Waals surface area contributed by atoms with E-state index in [1.165, 1.54) is 0 Å². The topological polar surface area (TPSA) is 15.3 Å². The highest BCUT2D eigenvalue weighted by Crippen LogP contribution is 2.35. The van der Waals surface area contributed by atoms with Crippen LogP contribution in [0.4, 0.5) is 5.69 Å². The Hall–Kier alpha value is -2.55. The summed E-state index contributed by atoms with van der Waals surface area (Å²) in [6.45, 7) is 8.76. The first kappa shape index (κ1) is 22.1. The zero-order chi connectivity index (χ0) is 21.2. The second kappa shape index (κ2) is 11.6. The number of anilines is 1. The number of nitrogens with zero attached hydrogens (tertiary/aromatic N) is 1. The van der Waals surface area contributed by atoms with E-state index in [2.05, 4.69) is 84.7 Å². The standard InChI is InChI=1S/C27H31ClN2/c1-3-30(4-2)21-11-20-29-25-18-16-23(17-19-25)26(22-12-7-5-8-13-22)27(28)24-14-9-6-10-15-24/h5-10,12-19,29H,3-4,11,20-21H2,1-2H3/b27-26-. The molecule has 0 aliphatic carbocycles. The van der Waals surface area contributed by atoms with Gasteiger partial charge in [-0.3, -0.25) is 0 Å². The summed E-state index contributed by atoms with van der Waals surface area (Å²) in [5.74, 6) is 0. The predicted octanol–water partition coefficient (Wildman–Crippen LogP) is 6.99. The summed E-state index contributed by atoms with van der Waals surface area (Å²) in [5.41, 5.74) is 5.45. The third kappa shape index (κ3) is 5.98. The van der Waals surface area contributed by atoms with Gasteiger partial charge in [-0.2, -0.15) is 0 Å². The van der Waals surface area contributed by atoms with Gasteiger partial charge in [-0.05, 0) is 54.9 Å². The van der Waals surface area contributed by atoms with Gasteiger partial charge in [0.1, 0.15) is 0 Å². The molecule has 0 fully saturated rings. The van der Waals surface area contributed by atoms with Crippen molar-refractivity contribution < 1.29 is 0 Å². The summed E-state index contributed by atoms with van der Waals surface area (Å²) in [7, 11) is 0. The number of nitrogens with one attached hydrogen (secondary N) is 1. The minimum Gasteiger partial charge on any atom is -0.385 e. The van der Waals surface area contributed by atoms with Crippen LogP contribution in [0, 0.1) is 0 Å². The number of hydrogen-bond donors (Lipinski definition) is 1. The van der Waals surface area contributed by atoms with Crippen molar-refractivity contribution in [1.82, 2.24) is 4.90 Å². The molecule has 0 atom stereocenters. The van der Waals surface area contributed by atoms with Gasteiger partial charge >= 0.3 is 0 Å². The smallest absolute Gasteiger partial charge is 0.0562 e. The molecule has 30 heavy (non-hydrogen) atoms. The molecule has 0 aromatic heterocycles. The Morgan fingerprint density at radius 1 is 0.733 bits per heavy atom. The summed E-state index contributed by atoms with van der Waals surface area (Å²) in [6.07, 6.45) is 1.14. The number of benzene rings is 3. The lowest BCUT2D eigenvalue weighted by molar-refractivity contribution is 0.303. The molecule has 0 aliphatic rings. The van der Waals surface area contributed by atoms with Crippen molar-refractivity contribution in [3.05, 3.63) is 102 Å². The Kier molecular flexibility index (Phi) is 8.55. The van der Waals surface area contributed by atoms with E-state index in [-0.39, 0.29) is 0 Å². The molecule has 0 spiro atoms. The first-order valence-electron chi connectivity index (χ1n) is 10.8. The first-order chi connectivity index (χ1) is 14.7. The number of rotatable bonds is 10. The van der Waals surface area contributed by atoms with Crippen LogP contribution in [0.2, 0.25) is 0 Å². The zero-order valence-corrected chi connectivity index (χ0v) is 18.7. The first-order valence-corrected chi connectivity index (χ1v) is 11.2. The molecule has 0 heterocycles. The monoisotopic (exact) mass is 418 g/mol. The molecule has 0 bridgehead atoms. The van der Waals surface area contributed by atoms with Crippen molar-refractivity contribution in [1.29, 1.82) is 0 Å². The van der Waals surface area contributed by atoms with Crippen LogP contribution in [0.5, 0.6) is 0 Å². The molecular formula is C27H31ClN2. The molecule has 0 saturated heterocycles. The fourth-order valence-corrected chi connectivity index (χ4v) is 3.93. The van der Waals surface area contributed by atoms with Gasteiger partial charge in [0.25, 0.3) is 0 Å². The van der Waals surface area contributed by atoms with Gasteiger partial charge in [-0.1, -0.05) is 98.2 Å². The highest BCUT2D eigenvalue weighted by atomic mass is 35.5. The largest absolute Gasteiger partial charge is 0.385 e. The van der Waals surface area contributed by atoms with Crippen LogP contribution in [-0.2, 0) is 0 Å². The van der Waals surface area contributed by atoms with Crippen molar-refractivity contribution in [2.75, 3.05) is 31.5 Å². The highest BCUT2D eigenvalue weighted by molar-refractivity contribution is 6.53. The van der Waals surface area contributed by atoms with E-state index in [9.17, 15) is 0 Å². The van der Waals surface area contributed by atoms with E-state index in [0.29, 0.717) is 0 Å². The van der Waals surface area contributed by atoms with Gasteiger partial charge in [0.05, 0.1) is 5.03 Å². The Bertz CT molecular complexity index is 914. The lowest BCUT2D eigenvalue weighted by Crippen LogP contribution is -2.25. The van der Waals surface area contributed by atoms with Crippen molar-refractivity contribution in [2.45, 2.75) is 20.3 Å². The lowest BCUT2D eigenvalue weighted by Gasteiger charge is -2.18. The highest BCUT2D eigenvalue weighted by Gasteiger charge is 2.12. The van der Waals surface area contributed by atoms with Crippen LogP contribution < -0.4 is 5.32 Å². The maximum atomic E-state index is 6.90. The van der Waals surface area contributed by atoms with Gasteiger partial charge in [0, 0.05) is 17.8 Å². The molecule has 3 rings (SSSR count). The van der Waals surface area contributed by atoms with E-state index in [0.717, 1.165) is 65.6 Å². The van der Waals surface area contributed by atoms with Gasteiger partial charge in [-0.15, -0.1) is 0 Å². The van der Waals surface area contributed by atoms with Crippen LogP contribution in [0.15, 0.2) is 84.9 Å². The second-order valence-corrected chi connectivity index (χ2v) is 7.68. The van der Waals surface area contributed by atoms with Crippen LogP contribution in [0.3, 0.4) is 0 Å². The zero-order valence-electron chi connectivity index (χ0n) is 17.9. The Morgan fingerprint density at radius 2 is 1.27 bits per heavy atom. The van der Waals surface area contributed by atoms with E-state index in [1.807, 2.05) is 24.3 Å². The van der Waals surface area contributed by atoms with E-state index in [4.69, 9.17) is 11.6 Å². The number of hydrogen-bond acceptors (Lipinski definition) is 2. The molecule has 0 saturated carbocycles. The maximum Gasteiger partial charge on any atom is 0.0562 e. The Morgan fingerprint density at radius 3 is 1.83 bits per heavy atom. The quantitative estimate of drug-likeness (QED) is 0.282. The lowest BCUT2D eigenvalue weighted by atomic mass is 9.95. The fourth-order valence-electron chi connectivity index (χ4n) is 3.58. The van der Waals surface area contributed by atoms with Gasteiger partial charge in [0.15, 0.2) is 0 Å². The Balaban J connectivity index is 1.79. The molecule has 3 heteroatoms. The SMILES string of the molecule is CCN(CC)CCCNc1ccc(/C(=C(\Cl)c2ccccc2)c2ccccc2)cc1. The van der Waals surface area contributed by atoms with Crippen molar-refractivity contribution in [2.24, 2.45) is 0 Å². The summed E-state index contributed by atoms with van der Waals surface area (Å²) in [5, 5.41) is 4.30. The normalized spacial score (nSPS) is 12.0. The molecule has 156 valence electrons. The summed E-state index contributed by atoms with van der Waals surface area (Å²) < 4.78 is 0. The molecule has 1 N–H and O–H groups in total. The predicted molar refractivity (Wildman–Crippen MR) is 132 cm³/mol. The molecular weight excluding hydrogens is 388 g/mol. The van der Waals surface area contributed by atoms with Crippen molar-refractivity contribution in [3.63, 3.8) is 0 Å². The Labute approximate surface area is 186 Å². The molecule has 0 unspecified atom stereocenters. The van der Waals surface area contributed by atoms with Crippen LogP contribution in [0.25, 0.3) is 10.6 Å². The molecule has 3 aromatic rings. The molecule has 3 aromatic carbocycles. The fraction of sp³-hybridized carbons (Fsp3) is 0.259. The summed E-state index contributed by atoms with van der Waals surface area (Å²) in [4.78, 5) is 2.45. The van der Waals surface area contributed by atoms with Crippen molar-refractivity contribution in [3.8, 4) is 0 Å². The van der Waals surface area contributed by atoms with Gasteiger partial charge in [-0.25, -0.2) is 0 Å². The van der Waals surface area contributed by atoms with Gasteiger partial charge in [0.2, 0.25) is 0 Å². The second-order valence-electron chi connectivity index (χ2n) is 7.31. The molecule has 0 radical (unpaired) electrons. The molecule has 0 aliphatic heterocycles. The van der Waals surface area contributed by atoms with Crippen LogP contribution in [-0.4, -0.2) is 31.1 Å². The van der Waals surface area contributed by atoms with Crippen LogP contribution >= 0.6 is 11.6 Å². The van der Waals surface area contributed by atoms with Gasteiger partial charge < -0.3 is 10.2 Å². The molecule has 2 nitrogen and oxygen atoms in total. The van der Waals surface area contributed by atoms with E-state index < -0.39 is 0 Å². The minimum atomic E-state index is 0.765.